The van der Waals surface area contributed by atoms with Crippen molar-refractivity contribution in [2.45, 2.75) is 38.8 Å². The van der Waals surface area contributed by atoms with E-state index in [1.165, 1.54) is 6.07 Å². The van der Waals surface area contributed by atoms with Crippen molar-refractivity contribution < 1.29 is 0 Å². The highest BCUT2D eigenvalue weighted by Crippen LogP contribution is 2.38. The number of imidazole rings is 1. The van der Waals surface area contributed by atoms with E-state index < -0.39 is 0 Å². The first-order valence-electron chi connectivity index (χ1n) is 6.46. The van der Waals surface area contributed by atoms with Gasteiger partial charge in [-0.2, -0.15) is 0 Å². The minimum absolute atomic E-state index is 0.104. The van der Waals surface area contributed by atoms with Crippen molar-refractivity contribution in [2.75, 3.05) is 0 Å². The van der Waals surface area contributed by atoms with E-state index in [-0.39, 0.29) is 10.7 Å². The normalized spacial score (nSPS) is 14.8. The summed E-state index contributed by atoms with van der Waals surface area (Å²) in [4.78, 5) is 20.8. The molecule has 0 unspecified atom stereocenters. The fraction of sp³-hybridized carbons (Fsp3) is 0.462. The lowest BCUT2D eigenvalue weighted by Crippen LogP contribution is -2.26. The molecule has 100 valence electrons. The molecule has 0 saturated heterocycles. The van der Waals surface area contributed by atoms with Crippen molar-refractivity contribution >= 4 is 11.6 Å². The van der Waals surface area contributed by atoms with Gasteiger partial charge in [0.05, 0.1) is 6.54 Å². The van der Waals surface area contributed by atoms with Crippen LogP contribution in [0.15, 0.2) is 23.3 Å². The maximum absolute atomic E-state index is 12.1. The first-order valence-corrected chi connectivity index (χ1v) is 6.84. The minimum atomic E-state index is -0.104. The van der Waals surface area contributed by atoms with Gasteiger partial charge in [0, 0.05) is 30.9 Å². The fourth-order valence-corrected chi connectivity index (χ4v) is 2.41. The van der Waals surface area contributed by atoms with Crippen LogP contribution in [0, 0.1) is 0 Å². The molecule has 1 aliphatic carbocycles. The lowest BCUT2D eigenvalue weighted by atomic mass is 10.3. The van der Waals surface area contributed by atoms with Crippen molar-refractivity contribution in [1.82, 2.24) is 19.1 Å². The number of hydrogen-bond acceptors (Lipinski definition) is 3. The second-order valence-corrected chi connectivity index (χ2v) is 5.15. The Morgan fingerprint density at radius 1 is 1.47 bits per heavy atom. The van der Waals surface area contributed by atoms with Crippen LogP contribution in [-0.2, 0) is 13.1 Å². The highest BCUT2D eigenvalue weighted by Gasteiger charge is 2.29. The zero-order chi connectivity index (χ0) is 13.4. The van der Waals surface area contributed by atoms with Crippen molar-refractivity contribution in [3.8, 4) is 0 Å². The summed E-state index contributed by atoms with van der Waals surface area (Å²) in [6.07, 6.45) is 5.83. The predicted molar refractivity (Wildman–Crippen MR) is 72.5 cm³/mol. The SMILES string of the molecule is CCn1ccnc1Cn1c(C2CC2)nc(Cl)cc1=O. The minimum Gasteiger partial charge on any atom is -0.334 e. The molecule has 0 amide bonds. The molecule has 0 aliphatic heterocycles. The number of halogens is 1. The molecule has 19 heavy (non-hydrogen) atoms. The quantitative estimate of drug-likeness (QED) is 0.804. The van der Waals surface area contributed by atoms with Crippen LogP contribution in [0.2, 0.25) is 5.15 Å². The lowest BCUT2D eigenvalue weighted by Gasteiger charge is -2.12. The van der Waals surface area contributed by atoms with Gasteiger partial charge < -0.3 is 4.57 Å². The van der Waals surface area contributed by atoms with Gasteiger partial charge in [0.2, 0.25) is 0 Å². The van der Waals surface area contributed by atoms with E-state index in [2.05, 4.69) is 16.9 Å². The molecule has 0 bridgehead atoms. The predicted octanol–water partition coefficient (Wildman–Crippen LogP) is 2.04. The van der Waals surface area contributed by atoms with E-state index in [4.69, 9.17) is 11.6 Å². The van der Waals surface area contributed by atoms with E-state index in [0.29, 0.717) is 12.5 Å². The summed E-state index contributed by atoms with van der Waals surface area (Å²) in [5.74, 6) is 2.04. The molecule has 0 N–H and O–H groups in total. The Bertz CT molecular complexity index is 657. The molecule has 0 atom stereocenters. The average Bonchev–Trinajstić information content (AvgIpc) is 3.12. The van der Waals surface area contributed by atoms with Crippen LogP contribution in [0.4, 0.5) is 0 Å². The van der Waals surface area contributed by atoms with Gasteiger partial charge in [-0.1, -0.05) is 11.6 Å². The summed E-state index contributed by atoms with van der Waals surface area (Å²) >= 11 is 5.89. The smallest absolute Gasteiger partial charge is 0.255 e. The molecule has 3 rings (SSSR count). The molecule has 1 aliphatic rings. The molecule has 0 radical (unpaired) electrons. The van der Waals surface area contributed by atoms with Gasteiger partial charge in [-0.3, -0.25) is 9.36 Å². The highest BCUT2D eigenvalue weighted by atomic mass is 35.5. The maximum atomic E-state index is 12.1. The molecule has 5 nitrogen and oxygen atoms in total. The Labute approximate surface area is 115 Å². The van der Waals surface area contributed by atoms with Gasteiger partial charge in [-0.05, 0) is 19.8 Å². The second-order valence-electron chi connectivity index (χ2n) is 4.77. The van der Waals surface area contributed by atoms with Gasteiger partial charge in [0.15, 0.2) is 0 Å². The van der Waals surface area contributed by atoms with Crippen LogP contribution in [0.25, 0.3) is 0 Å². The molecule has 1 saturated carbocycles. The van der Waals surface area contributed by atoms with E-state index in [1.54, 1.807) is 10.8 Å². The summed E-state index contributed by atoms with van der Waals surface area (Å²) < 4.78 is 3.72. The number of rotatable bonds is 4. The zero-order valence-corrected chi connectivity index (χ0v) is 11.5. The van der Waals surface area contributed by atoms with Gasteiger partial charge in [-0.15, -0.1) is 0 Å². The summed E-state index contributed by atoms with van der Waals surface area (Å²) in [5.41, 5.74) is -0.104. The van der Waals surface area contributed by atoms with Gasteiger partial charge in [-0.25, -0.2) is 9.97 Å². The van der Waals surface area contributed by atoms with Crippen LogP contribution in [0.1, 0.15) is 37.3 Å². The van der Waals surface area contributed by atoms with Crippen molar-refractivity contribution in [3.05, 3.63) is 45.6 Å². The van der Waals surface area contributed by atoms with Crippen LogP contribution in [-0.4, -0.2) is 19.1 Å². The molecule has 1 fully saturated rings. The van der Waals surface area contributed by atoms with E-state index in [0.717, 1.165) is 31.0 Å². The van der Waals surface area contributed by atoms with E-state index in [9.17, 15) is 4.79 Å². The molecule has 0 spiro atoms. The van der Waals surface area contributed by atoms with Gasteiger partial charge >= 0.3 is 0 Å². The molecule has 0 aromatic carbocycles. The fourth-order valence-electron chi connectivity index (χ4n) is 2.23. The molecule has 6 heteroatoms. The number of hydrogen-bond donors (Lipinski definition) is 0. The Kier molecular flexibility index (Phi) is 3.14. The largest absolute Gasteiger partial charge is 0.334 e. The maximum Gasteiger partial charge on any atom is 0.255 e. The number of aryl methyl sites for hydroxylation is 1. The average molecular weight is 279 g/mol. The highest BCUT2D eigenvalue weighted by molar-refractivity contribution is 6.29. The first-order chi connectivity index (χ1) is 9.19. The number of nitrogens with zero attached hydrogens (tertiary/aromatic N) is 4. The molecular weight excluding hydrogens is 264 g/mol. The Hall–Kier alpha value is -1.62. The van der Waals surface area contributed by atoms with E-state index in [1.807, 2.05) is 10.8 Å². The van der Waals surface area contributed by atoms with Crippen LogP contribution >= 0.6 is 11.6 Å². The monoisotopic (exact) mass is 278 g/mol. The molecule has 2 aromatic heterocycles. The van der Waals surface area contributed by atoms with Crippen LogP contribution in [0.5, 0.6) is 0 Å². The third kappa shape index (κ3) is 2.42. The van der Waals surface area contributed by atoms with Gasteiger partial charge in [0.1, 0.15) is 16.8 Å². The summed E-state index contributed by atoms with van der Waals surface area (Å²) in [7, 11) is 0. The van der Waals surface area contributed by atoms with Crippen molar-refractivity contribution in [2.24, 2.45) is 0 Å². The summed E-state index contributed by atoms with van der Waals surface area (Å²) in [6, 6.07) is 1.37. The molecular formula is C13H15ClN4O. The summed E-state index contributed by atoms with van der Waals surface area (Å²) in [6.45, 7) is 3.34. The van der Waals surface area contributed by atoms with Crippen molar-refractivity contribution in [1.29, 1.82) is 0 Å². The molecule has 2 aromatic rings. The first kappa shape index (κ1) is 12.4. The topological polar surface area (TPSA) is 52.7 Å². The van der Waals surface area contributed by atoms with Crippen LogP contribution in [0.3, 0.4) is 0 Å². The number of aromatic nitrogens is 4. The van der Waals surface area contributed by atoms with Crippen LogP contribution < -0.4 is 5.56 Å². The zero-order valence-electron chi connectivity index (χ0n) is 10.7. The Morgan fingerprint density at radius 2 is 2.26 bits per heavy atom. The second kappa shape index (κ2) is 4.81. The van der Waals surface area contributed by atoms with Crippen molar-refractivity contribution in [3.63, 3.8) is 0 Å². The Balaban J connectivity index is 2.02. The van der Waals surface area contributed by atoms with E-state index >= 15 is 0 Å². The third-order valence-electron chi connectivity index (χ3n) is 3.39. The lowest BCUT2D eigenvalue weighted by molar-refractivity contribution is 0.603. The molecule has 2 heterocycles. The third-order valence-corrected chi connectivity index (χ3v) is 3.58. The van der Waals surface area contributed by atoms with Gasteiger partial charge in [0.25, 0.3) is 5.56 Å². The standard InChI is InChI=1S/C13H15ClN4O/c1-2-17-6-5-15-11(17)8-18-12(19)7-10(14)16-13(18)9-3-4-9/h5-7,9H,2-4,8H2,1H3. The Morgan fingerprint density at radius 3 is 2.95 bits per heavy atom. The summed E-state index contributed by atoms with van der Waals surface area (Å²) in [5, 5.41) is 0.280.